The maximum Gasteiger partial charge on any atom is 0.275 e. The first-order chi connectivity index (χ1) is 6.64. The number of carbonyl (C=O) groups is 1. The minimum absolute atomic E-state index is 0.217. The summed E-state index contributed by atoms with van der Waals surface area (Å²) in [6, 6.07) is 0.217. The van der Waals surface area contributed by atoms with Gasteiger partial charge in [0.25, 0.3) is 9.70 Å². The molecular formula is C9H15Cl3N2O. The van der Waals surface area contributed by atoms with Crippen LogP contribution in [0.3, 0.4) is 0 Å². The number of alkyl halides is 3. The SMILES string of the molecule is CC1CN(C(=O)C(Cl)(Cl)Cl)C(C)(C)CN1. The number of rotatable bonds is 0. The fourth-order valence-corrected chi connectivity index (χ4v) is 1.92. The van der Waals surface area contributed by atoms with Crippen molar-refractivity contribution in [3.05, 3.63) is 0 Å². The van der Waals surface area contributed by atoms with Crippen LogP contribution in [0.2, 0.25) is 0 Å². The Kier molecular flexibility index (Phi) is 3.82. The Hall–Kier alpha value is 0.300. The molecule has 1 aliphatic heterocycles. The second kappa shape index (κ2) is 4.28. The highest BCUT2D eigenvalue weighted by atomic mass is 35.6. The molecule has 1 aliphatic rings. The zero-order valence-electron chi connectivity index (χ0n) is 8.98. The van der Waals surface area contributed by atoms with Crippen molar-refractivity contribution in [1.29, 1.82) is 0 Å². The maximum absolute atomic E-state index is 11.9. The fourth-order valence-electron chi connectivity index (χ4n) is 1.62. The van der Waals surface area contributed by atoms with Crippen molar-refractivity contribution in [2.45, 2.75) is 36.1 Å². The van der Waals surface area contributed by atoms with Crippen LogP contribution in [0.1, 0.15) is 20.8 Å². The summed E-state index contributed by atoms with van der Waals surface area (Å²) in [7, 11) is 0. The lowest BCUT2D eigenvalue weighted by Crippen LogP contribution is -2.64. The van der Waals surface area contributed by atoms with Crippen molar-refractivity contribution in [2.24, 2.45) is 0 Å². The number of nitrogens with zero attached hydrogens (tertiary/aromatic N) is 1. The average molecular weight is 274 g/mol. The summed E-state index contributed by atoms with van der Waals surface area (Å²) in [6.07, 6.45) is 0. The van der Waals surface area contributed by atoms with Gasteiger partial charge in [0.1, 0.15) is 0 Å². The van der Waals surface area contributed by atoms with Crippen LogP contribution in [0, 0.1) is 0 Å². The minimum atomic E-state index is -1.87. The van der Waals surface area contributed by atoms with Crippen LogP contribution < -0.4 is 5.32 Å². The van der Waals surface area contributed by atoms with E-state index in [0.29, 0.717) is 13.1 Å². The molecule has 0 aliphatic carbocycles. The number of halogens is 3. The molecule has 0 saturated carbocycles. The van der Waals surface area contributed by atoms with Crippen LogP contribution in [0.5, 0.6) is 0 Å². The molecule has 0 aromatic carbocycles. The highest BCUT2D eigenvalue weighted by Gasteiger charge is 2.43. The van der Waals surface area contributed by atoms with Crippen LogP contribution in [-0.2, 0) is 4.79 Å². The zero-order valence-corrected chi connectivity index (χ0v) is 11.2. The Morgan fingerprint density at radius 2 is 2.00 bits per heavy atom. The summed E-state index contributed by atoms with van der Waals surface area (Å²) >= 11 is 16.8. The van der Waals surface area contributed by atoms with Gasteiger partial charge >= 0.3 is 0 Å². The van der Waals surface area contributed by atoms with E-state index in [9.17, 15) is 4.79 Å². The van der Waals surface area contributed by atoms with Gasteiger partial charge in [-0.2, -0.15) is 0 Å². The zero-order chi connectivity index (χ0) is 11.9. The normalized spacial score (nSPS) is 26.5. The third-order valence-electron chi connectivity index (χ3n) is 2.56. The summed E-state index contributed by atoms with van der Waals surface area (Å²) in [4.78, 5) is 13.5. The summed E-state index contributed by atoms with van der Waals surface area (Å²) in [6.45, 7) is 7.13. The lowest BCUT2D eigenvalue weighted by atomic mass is 9.98. The van der Waals surface area contributed by atoms with Crippen LogP contribution in [0.4, 0.5) is 0 Å². The molecule has 1 rings (SSSR count). The van der Waals surface area contributed by atoms with Crippen LogP contribution in [0.15, 0.2) is 0 Å². The first kappa shape index (κ1) is 13.4. The van der Waals surface area contributed by atoms with E-state index < -0.39 is 9.70 Å². The predicted octanol–water partition coefficient (Wildman–Crippen LogP) is 1.96. The Balaban J connectivity index is 2.86. The smallest absolute Gasteiger partial charge is 0.275 e. The Bertz CT molecular complexity index is 263. The molecule has 88 valence electrons. The van der Waals surface area contributed by atoms with E-state index in [0.717, 1.165) is 0 Å². The maximum atomic E-state index is 11.9. The van der Waals surface area contributed by atoms with E-state index in [1.165, 1.54) is 0 Å². The van der Waals surface area contributed by atoms with Gasteiger partial charge in [0, 0.05) is 24.7 Å². The molecule has 0 radical (unpaired) electrons. The first-order valence-electron chi connectivity index (χ1n) is 4.77. The van der Waals surface area contributed by atoms with Crippen molar-refractivity contribution in [2.75, 3.05) is 13.1 Å². The van der Waals surface area contributed by atoms with E-state index in [-0.39, 0.29) is 11.6 Å². The van der Waals surface area contributed by atoms with Crippen LogP contribution in [-0.4, -0.2) is 39.3 Å². The summed E-state index contributed by atoms with van der Waals surface area (Å²) in [5, 5.41) is 3.29. The standard InChI is InChI=1S/C9H15Cl3N2O/c1-6-4-14(7(15)9(10,11)12)8(2,3)5-13-6/h6,13H,4-5H2,1-3H3. The van der Waals surface area contributed by atoms with Gasteiger partial charge in [-0.05, 0) is 20.8 Å². The molecule has 1 atom stereocenters. The topological polar surface area (TPSA) is 32.3 Å². The van der Waals surface area contributed by atoms with Gasteiger partial charge < -0.3 is 10.2 Å². The van der Waals surface area contributed by atoms with Crippen LogP contribution in [0.25, 0.3) is 0 Å². The van der Waals surface area contributed by atoms with Crippen molar-refractivity contribution < 1.29 is 4.79 Å². The average Bonchev–Trinajstić information content (AvgIpc) is 2.06. The van der Waals surface area contributed by atoms with E-state index in [1.807, 2.05) is 20.8 Å². The molecule has 1 saturated heterocycles. The summed E-state index contributed by atoms with van der Waals surface area (Å²) in [5.74, 6) is -0.453. The monoisotopic (exact) mass is 272 g/mol. The highest BCUT2D eigenvalue weighted by molar-refractivity contribution is 6.76. The Morgan fingerprint density at radius 3 is 2.47 bits per heavy atom. The molecule has 1 amide bonds. The van der Waals surface area contributed by atoms with Gasteiger partial charge in [-0.25, -0.2) is 0 Å². The van der Waals surface area contributed by atoms with Gasteiger partial charge in [0.05, 0.1) is 0 Å². The number of piperazine rings is 1. The third kappa shape index (κ3) is 3.13. The quantitative estimate of drug-likeness (QED) is 0.684. The summed E-state index contributed by atoms with van der Waals surface area (Å²) in [5.41, 5.74) is -0.326. The largest absolute Gasteiger partial charge is 0.331 e. The van der Waals surface area contributed by atoms with Crippen LogP contribution >= 0.6 is 34.8 Å². The van der Waals surface area contributed by atoms with Crippen molar-refractivity contribution in [1.82, 2.24) is 10.2 Å². The number of carbonyl (C=O) groups excluding carboxylic acids is 1. The third-order valence-corrected chi connectivity index (χ3v) is 3.04. The summed E-state index contributed by atoms with van der Waals surface area (Å²) < 4.78 is -1.87. The van der Waals surface area contributed by atoms with Gasteiger partial charge in [-0.15, -0.1) is 0 Å². The lowest BCUT2D eigenvalue weighted by Gasteiger charge is -2.46. The molecular weight excluding hydrogens is 258 g/mol. The van der Waals surface area contributed by atoms with Gasteiger partial charge in [0.2, 0.25) is 0 Å². The predicted molar refractivity (Wildman–Crippen MR) is 63.5 cm³/mol. The van der Waals surface area contributed by atoms with Crippen molar-refractivity contribution in [3.8, 4) is 0 Å². The molecule has 0 spiro atoms. The molecule has 6 heteroatoms. The minimum Gasteiger partial charge on any atom is -0.331 e. The van der Waals surface area contributed by atoms with E-state index >= 15 is 0 Å². The number of amides is 1. The molecule has 0 aromatic heterocycles. The molecule has 15 heavy (non-hydrogen) atoms. The molecule has 3 nitrogen and oxygen atoms in total. The molecule has 1 unspecified atom stereocenters. The second-order valence-corrected chi connectivity index (χ2v) is 6.79. The van der Waals surface area contributed by atoms with E-state index in [1.54, 1.807) is 4.90 Å². The van der Waals surface area contributed by atoms with Gasteiger partial charge in [-0.1, -0.05) is 34.8 Å². The molecule has 0 bridgehead atoms. The number of hydrogen-bond acceptors (Lipinski definition) is 2. The Morgan fingerprint density at radius 1 is 1.47 bits per heavy atom. The Labute approximate surface area is 105 Å². The molecule has 1 fully saturated rings. The molecule has 0 aromatic rings. The van der Waals surface area contributed by atoms with Crippen molar-refractivity contribution in [3.63, 3.8) is 0 Å². The second-order valence-electron chi connectivity index (χ2n) is 4.51. The first-order valence-corrected chi connectivity index (χ1v) is 5.90. The van der Waals surface area contributed by atoms with E-state index in [2.05, 4.69) is 5.32 Å². The fraction of sp³-hybridized carbons (Fsp3) is 0.889. The van der Waals surface area contributed by atoms with Gasteiger partial charge in [0.15, 0.2) is 0 Å². The van der Waals surface area contributed by atoms with E-state index in [4.69, 9.17) is 34.8 Å². The molecule has 1 N–H and O–H groups in total. The highest BCUT2D eigenvalue weighted by Crippen LogP contribution is 2.32. The lowest BCUT2D eigenvalue weighted by molar-refractivity contribution is -0.137. The van der Waals surface area contributed by atoms with Crippen molar-refractivity contribution >= 4 is 40.7 Å². The molecule has 1 heterocycles. The van der Waals surface area contributed by atoms with Gasteiger partial charge in [-0.3, -0.25) is 4.79 Å². The number of hydrogen-bond donors (Lipinski definition) is 1. The number of nitrogens with one attached hydrogen (secondary N) is 1.